The van der Waals surface area contributed by atoms with E-state index in [1.165, 1.54) is 17.8 Å². The highest BCUT2D eigenvalue weighted by Gasteiger charge is 2.33. The van der Waals surface area contributed by atoms with Crippen molar-refractivity contribution in [3.63, 3.8) is 0 Å². The van der Waals surface area contributed by atoms with Crippen molar-refractivity contribution in [3.05, 3.63) is 64.0 Å². The lowest BCUT2D eigenvalue weighted by molar-refractivity contribution is -0.890. The Hall–Kier alpha value is -4.23. The molecule has 1 saturated heterocycles. The third kappa shape index (κ3) is 5.06. The number of piperazine rings is 1. The van der Waals surface area contributed by atoms with E-state index >= 15 is 4.39 Å². The van der Waals surface area contributed by atoms with Crippen LogP contribution in [0.25, 0.3) is 33.8 Å². The van der Waals surface area contributed by atoms with Crippen LogP contribution < -0.4 is 15.1 Å². The number of anilines is 1. The Balaban J connectivity index is 1.18. The van der Waals surface area contributed by atoms with Crippen LogP contribution >= 0.6 is 11.8 Å². The van der Waals surface area contributed by atoms with Gasteiger partial charge in [-0.25, -0.2) is 4.39 Å². The van der Waals surface area contributed by atoms with Gasteiger partial charge in [-0.1, -0.05) is 29.5 Å². The van der Waals surface area contributed by atoms with Crippen LogP contribution in [0.15, 0.2) is 55.4 Å². The van der Waals surface area contributed by atoms with Gasteiger partial charge < -0.3 is 27.5 Å². The summed E-state index contributed by atoms with van der Waals surface area (Å²) in [6.07, 6.45) is 1.72. The molecule has 11 nitrogen and oxygen atoms in total. The smallest absolute Gasteiger partial charge is 0.277 e. The van der Waals surface area contributed by atoms with E-state index in [0.717, 1.165) is 28.7 Å². The van der Waals surface area contributed by atoms with Crippen molar-refractivity contribution in [1.82, 2.24) is 25.0 Å². The number of rotatable bonds is 6. The molecule has 0 unspecified atom stereocenters. The number of hydrogen-bond acceptors (Lipinski definition) is 10. The predicted molar refractivity (Wildman–Crippen MR) is 160 cm³/mol. The fourth-order valence-electron chi connectivity index (χ4n) is 5.51. The summed E-state index contributed by atoms with van der Waals surface area (Å²) in [6, 6.07) is 9.04. The summed E-state index contributed by atoms with van der Waals surface area (Å²) in [5.41, 5.74) is 2.78. The summed E-state index contributed by atoms with van der Waals surface area (Å²) >= 11 is 1.22. The van der Waals surface area contributed by atoms with Crippen molar-refractivity contribution >= 4 is 28.4 Å². The summed E-state index contributed by atoms with van der Waals surface area (Å²) in [5, 5.41) is 17.0. The fraction of sp³-hybridized carbons (Fsp3) is 0.367. The molecule has 0 radical (unpaired) electrons. The second-order valence-electron chi connectivity index (χ2n) is 11.8. The zero-order valence-electron chi connectivity index (χ0n) is 24.3. The molecule has 0 N–H and O–H groups in total. The molecule has 2 aliphatic rings. The fourth-order valence-corrected chi connectivity index (χ4v) is 6.11. The number of thioether (sulfide) groups is 1. The number of benzene rings is 2. The molecule has 43 heavy (non-hydrogen) atoms. The van der Waals surface area contributed by atoms with Crippen LogP contribution in [-0.4, -0.2) is 76.3 Å². The van der Waals surface area contributed by atoms with Crippen molar-refractivity contribution in [2.24, 2.45) is 0 Å². The van der Waals surface area contributed by atoms with Crippen LogP contribution in [0.3, 0.4) is 0 Å². The first-order chi connectivity index (χ1) is 20.7. The number of quaternary nitrogens is 1. The van der Waals surface area contributed by atoms with Gasteiger partial charge in [-0.3, -0.25) is 4.79 Å². The van der Waals surface area contributed by atoms with E-state index in [0.29, 0.717) is 54.2 Å². The number of aryl methyl sites for hydroxylation is 1. The summed E-state index contributed by atoms with van der Waals surface area (Å²) in [5.74, 6) is 1.13. The maximum Gasteiger partial charge on any atom is 0.277 e. The van der Waals surface area contributed by atoms with E-state index in [-0.39, 0.29) is 28.1 Å². The van der Waals surface area contributed by atoms with Gasteiger partial charge in [-0.2, -0.15) is 0 Å². The molecule has 0 spiro atoms. The number of ether oxygens (including phenoxy) is 1. The first kappa shape index (κ1) is 27.6. The van der Waals surface area contributed by atoms with Crippen molar-refractivity contribution in [3.8, 4) is 28.7 Å². The zero-order valence-corrected chi connectivity index (χ0v) is 25.2. The third-order valence-electron chi connectivity index (χ3n) is 8.13. The average molecular weight is 605 g/mol. The molecule has 5 aromatic rings. The molecule has 2 aliphatic heterocycles. The number of likely N-dealkylation sites (N-methyl/N-ethyl adjacent to an activating group) is 1. The van der Waals surface area contributed by atoms with Gasteiger partial charge in [0.1, 0.15) is 17.9 Å². The van der Waals surface area contributed by atoms with Crippen LogP contribution in [0.2, 0.25) is 0 Å². The average Bonchev–Trinajstić information content (AvgIpc) is 3.66. The standard InChI is InChI=1S/C30H31FN7O4S/c1-17-5-7-19(8-6-17)28-33-32-23(41-28)16-43-30-35-34-29(42-30)21-14-37-18(2)15-40-27-24(37)20(26(21)39)13-22(31)25(27)36-9-11-38(3,4)12-10-36/h5-8,13-14,18H,9-12,15-16H2,1-4H3/q+1/t18-/m0/s1. The highest BCUT2D eigenvalue weighted by Crippen LogP contribution is 2.43. The lowest BCUT2D eigenvalue weighted by Gasteiger charge is -2.41. The Labute approximate surface area is 250 Å². The number of aromatic nitrogens is 5. The van der Waals surface area contributed by atoms with Gasteiger partial charge in [-0.05, 0) is 32.0 Å². The van der Waals surface area contributed by atoms with Gasteiger partial charge in [0.25, 0.3) is 11.1 Å². The normalized spacial score (nSPS) is 17.8. The molecule has 5 heterocycles. The number of nitrogens with zero attached hydrogens (tertiary/aromatic N) is 7. The molecule has 7 rings (SSSR count). The summed E-state index contributed by atoms with van der Waals surface area (Å²) in [4.78, 5) is 15.8. The number of halogens is 1. The maximum atomic E-state index is 15.8. The molecule has 2 aromatic carbocycles. The second-order valence-corrected chi connectivity index (χ2v) is 12.7. The van der Waals surface area contributed by atoms with E-state index in [1.54, 1.807) is 6.20 Å². The summed E-state index contributed by atoms with van der Waals surface area (Å²) in [6.45, 7) is 7.51. The maximum absolute atomic E-state index is 15.8. The first-order valence-electron chi connectivity index (χ1n) is 14.1. The van der Waals surface area contributed by atoms with Crippen molar-refractivity contribution < 1.29 is 22.4 Å². The van der Waals surface area contributed by atoms with Crippen molar-refractivity contribution in [2.45, 2.75) is 30.9 Å². The SMILES string of the molecule is Cc1ccc(-c2nnc(CSc3nnc(-c4cn5c6c(c(N7CC[N+](C)(C)CC7)c(F)cc6c4=O)OC[C@@H]5C)o3)o2)cc1. The molecule has 13 heteroatoms. The highest BCUT2D eigenvalue weighted by molar-refractivity contribution is 7.98. The Morgan fingerprint density at radius 2 is 1.79 bits per heavy atom. The highest BCUT2D eigenvalue weighted by atomic mass is 32.2. The van der Waals surface area contributed by atoms with Crippen LogP contribution in [0.4, 0.5) is 10.1 Å². The second kappa shape index (κ2) is 10.5. The minimum absolute atomic E-state index is 0.0600. The van der Waals surface area contributed by atoms with Crippen LogP contribution in [0.5, 0.6) is 5.75 Å². The number of pyridine rings is 1. The van der Waals surface area contributed by atoms with Gasteiger partial charge in [-0.15, -0.1) is 20.4 Å². The lowest BCUT2D eigenvalue weighted by atomic mass is 10.1. The molecule has 0 bridgehead atoms. The third-order valence-corrected chi connectivity index (χ3v) is 8.93. The molecule has 1 atom stereocenters. The van der Waals surface area contributed by atoms with E-state index in [1.807, 2.05) is 47.6 Å². The first-order valence-corrected chi connectivity index (χ1v) is 15.1. The van der Waals surface area contributed by atoms with Gasteiger partial charge >= 0.3 is 0 Å². The van der Waals surface area contributed by atoms with E-state index in [9.17, 15) is 4.79 Å². The topological polar surface area (TPSA) is 112 Å². The quantitative estimate of drug-likeness (QED) is 0.200. The van der Waals surface area contributed by atoms with E-state index < -0.39 is 11.2 Å². The monoisotopic (exact) mass is 604 g/mol. The summed E-state index contributed by atoms with van der Waals surface area (Å²) < 4.78 is 36.4. The molecule has 0 aliphatic carbocycles. The summed E-state index contributed by atoms with van der Waals surface area (Å²) in [7, 11) is 4.34. The van der Waals surface area contributed by atoms with Crippen molar-refractivity contribution in [2.75, 3.05) is 51.8 Å². The largest absolute Gasteiger partial charge is 0.487 e. The zero-order chi connectivity index (χ0) is 29.9. The molecular weight excluding hydrogens is 573 g/mol. The molecule has 0 amide bonds. The van der Waals surface area contributed by atoms with Crippen LogP contribution in [0.1, 0.15) is 24.4 Å². The van der Waals surface area contributed by atoms with Gasteiger partial charge in [0.05, 0.1) is 63.0 Å². The molecule has 0 saturated carbocycles. The molecule has 222 valence electrons. The minimum Gasteiger partial charge on any atom is -0.487 e. The van der Waals surface area contributed by atoms with Crippen LogP contribution in [-0.2, 0) is 5.75 Å². The van der Waals surface area contributed by atoms with E-state index in [2.05, 4.69) is 34.5 Å². The lowest BCUT2D eigenvalue weighted by Crippen LogP contribution is -2.55. The molecular formula is C30H31FN7O4S+. The van der Waals surface area contributed by atoms with Gasteiger partial charge in [0.15, 0.2) is 11.6 Å². The Kier molecular flexibility index (Phi) is 6.73. The number of hydrogen-bond donors (Lipinski definition) is 0. The van der Waals surface area contributed by atoms with Gasteiger partial charge in [0, 0.05) is 11.8 Å². The predicted octanol–water partition coefficient (Wildman–Crippen LogP) is 4.69. The Morgan fingerprint density at radius 3 is 2.56 bits per heavy atom. The van der Waals surface area contributed by atoms with E-state index in [4.69, 9.17) is 13.6 Å². The van der Waals surface area contributed by atoms with Gasteiger partial charge in [0.2, 0.25) is 17.2 Å². The Morgan fingerprint density at radius 1 is 1.05 bits per heavy atom. The van der Waals surface area contributed by atoms with Crippen molar-refractivity contribution in [1.29, 1.82) is 0 Å². The van der Waals surface area contributed by atoms with Crippen LogP contribution in [0, 0.1) is 12.7 Å². The molecule has 3 aromatic heterocycles. The molecule has 1 fully saturated rings. The minimum atomic E-state index is -0.476. The Bertz CT molecular complexity index is 1890.